The van der Waals surface area contributed by atoms with E-state index in [1.165, 1.54) is 11.1 Å². The number of hydrogen-bond donors (Lipinski definition) is 1. The minimum Gasteiger partial charge on any atom is -0.481 e. The maximum Gasteiger partial charge on any atom is 0.314 e. The summed E-state index contributed by atoms with van der Waals surface area (Å²) in [5, 5.41) is 9.81. The summed E-state index contributed by atoms with van der Waals surface area (Å²) in [6, 6.07) is 6.42. The van der Waals surface area contributed by atoms with Crippen LogP contribution < -0.4 is 0 Å². The molecule has 0 bridgehead atoms. The molecule has 2 aromatic rings. The summed E-state index contributed by atoms with van der Waals surface area (Å²) in [5.74, 6) is -1.36. The summed E-state index contributed by atoms with van der Waals surface area (Å²) in [7, 11) is 0. The summed E-state index contributed by atoms with van der Waals surface area (Å²) < 4.78 is 18.6. The van der Waals surface area contributed by atoms with Crippen LogP contribution in [0.25, 0.3) is 0 Å². The van der Waals surface area contributed by atoms with Gasteiger partial charge in [0.2, 0.25) is 6.29 Å². The Bertz CT molecular complexity index is 1110. The molecule has 0 aliphatic heterocycles. The third-order valence-electron chi connectivity index (χ3n) is 5.47. The molecule has 38 heavy (non-hydrogen) atoms. The third kappa shape index (κ3) is 9.79. The Hall–Kier alpha value is -2.85. The minimum atomic E-state index is -1.18. The number of aromatic nitrogens is 2. The lowest BCUT2D eigenvalue weighted by atomic mass is 9.97. The van der Waals surface area contributed by atoms with Crippen molar-refractivity contribution in [2.75, 3.05) is 6.61 Å². The Morgan fingerprint density at radius 3 is 2.21 bits per heavy atom. The second-order valence-corrected chi connectivity index (χ2v) is 11.7. The molecular weight excluding hydrogens is 508 g/mol. The molecule has 0 aliphatic rings. The number of esters is 2. The monoisotopic (exact) mass is 548 g/mol. The topological polar surface area (TPSA) is 117 Å². The number of aliphatic carboxylic acids is 1. The first kappa shape index (κ1) is 31.4. The van der Waals surface area contributed by atoms with Gasteiger partial charge in [-0.1, -0.05) is 31.7 Å². The normalized spacial score (nSPS) is 12.4. The smallest absolute Gasteiger partial charge is 0.314 e. The minimum absolute atomic E-state index is 0.102. The molecule has 9 nitrogen and oxygen atoms in total. The lowest BCUT2D eigenvalue weighted by Gasteiger charge is -2.23. The van der Waals surface area contributed by atoms with Crippen LogP contribution in [0.4, 0.5) is 0 Å². The van der Waals surface area contributed by atoms with E-state index >= 15 is 0 Å². The van der Waals surface area contributed by atoms with E-state index < -0.39 is 29.6 Å². The highest BCUT2D eigenvalue weighted by atomic mass is 32.2. The first-order valence-electron chi connectivity index (χ1n) is 12.7. The molecule has 0 amide bonds. The van der Waals surface area contributed by atoms with E-state index in [1.807, 2.05) is 11.5 Å². The molecule has 2 rings (SSSR count). The Balaban J connectivity index is 2.12. The molecule has 1 aromatic carbocycles. The second kappa shape index (κ2) is 13.8. The van der Waals surface area contributed by atoms with Crippen molar-refractivity contribution < 1.29 is 33.7 Å². The number of carbonyl (C=O) groups excluding carboxylic acids is 2. The van der Waals surface area contributed by atoms with Crippen LogP contribution in [0.1, 0.15) is 82.4 Å². The molecule has 1 N–H and O–H groups in total. The maximum atomic E-state index is 12.4. The molecule has 1 unspecified atom stereocenters. The molecule has 0 saturated carbocycles. The maximum absolute atomic E-state index is 12.4. The number of carboxylic acids is 1. The quantitative estimate of drug-likeness (QED) is 0.189. The van der Waals surface area contributed by atoms with Crippen LogP contribution >= 0.6 is 11.8 Å². The molecule has 0 spiro atoms. The molecule has 10 heteroatoms. The number of carboxylic acid groups (broad SMARTS) is 1. The number of rotatable bonds is 13. The van der Waals surface area contributed by atoms with Crippen molar-refractivity contribution in [3.8, 4) is 0 Å². The second-order valence-electron chi connectivity index (χ2n) is 10.7. The van der Waals surface area contributed by atoms with Crippen molar-refractivity contribution in [3.05, 3.63) is 40.8 Å². The summed E-state index contributed by atoms with van der Waals surface area (Å²) in [4.78, 5) is 41.1. The average molecular weight is 549 g/mol. The molecule has 210 valence electrons. The fourth-order valence-corrected chi connectivity index (χ4v) is 4.89. The highest BCUT2D eigenvalue weighted by Gasteiger charge is 2.28. The van der Waals surface area contributed by atoms with Crippen LogP contribution in [-0.2, 0) is 35.3 Å². The van der Waals surface area contributed by atoms with Gasteiger partial charge in [0, 0.05) is 11.3 Å². The number of carbonyl (C=O) groups is 3. The summed E-state index contributed by atoms with van der Waals surface area (Å²) >= 11 is 1.64. The lowest BCUT2D eigenvalue weighted by molar-refractivity contribution is -0.197. The molecule has 1 heterocycles. The van der Waals surface area contributed by atoms with E-state index in [2.05, 4.69) is 45.9 Å². The number of ether oxygens (including phenoxy) is 3. The van der Waals surface area contributed by atoms with Crippen LogP contribution in [0.3, 0.4) is 0 Å². The Morgan fingerprint density at radius 1 is 1.03 bits per heavy atom. The van der Waals surface area contributed by atoms with Crippen molar-refractivity contribution in [2.24, 2.45) is 5.41 Å². The van der Waals surface area contributed by atoms with Crippen molar-refractivity contribution in [2.45, 2.75) is 104 Å². The van der Waals surface area contributed by atoms with E-state index in [0.29, 0.717) is 0 Å². The van der Waals surface area contributed by atoms with Gasteiger partial charge in [0.15, 0.2) is 0 Å². The van der Waals surface area contributed by atoms with Gasteiger partial charge in [-0.3, -0.25) is 19.0 Å². The van der Waals surface area contributed by atoms with Gasteiger partial charge in [0.1, 0.15) is 17.6 Å². The third-order valence-corrected chi connectivity index (χ3v) is 6.56. The molecule has 0 aliphatic carbocycles. The Kier molecular flexibility index (Phi) is 11.4. The van der Waals surface area contributed by atoms with Crippen LogP contribution in [0.5, 0.6) is 0 Å². The fourth-order valence-electron chi connectivity index (χ4n) is 3.49. The molecule has 0 saturated heterocycles. The van der Waals surface area contributed by atoms with Crippen molar-refractivity contribution in [1.29, 1.82) is 0 Å². The van der Waals surface area contributed by atoms with E-state index in [4.69, 9.17) is 24.3 Å². The Morgan fingerprint density at radius 2 is 1.66 bits per heavy atom. The zero-order valence-electron chi connectivity index (χ0n) is 23.6. The first-order valence-corrected chi connectivity index (χ1v) is 13.5. The largest absolute Gasteiger partial charge is 0.481 e. The fraction of sp³-hybridized carbons (Fsp3) is 0.571. The number of hydrogen-bond acceptors (Lipinski definition) is 8. The zero-order valence-corrected chi connectivity index (χ0v) is 24.4. The SMILES string of the molecule is Cc1cc(C)cc(Sc2c(C(C)C)nc(C)n2COCCC(OC(=O)CCC(=O)O)OC(=O)C(C)(C)C)c1. The van der Waals surface area contributed by atoms with E-state index in [-0.39, 0.29) is 38.5 Å². The lowest BCUT2D eigenvalue weighted by Crippen LogP contribution is -2.32. The molecule has 0 radical (unpaired) electrons. The standard InChI is InChI=1S/C28H40N2O7S/c1-17(2)25-26(38-21-14-18(3)13-19(4)15-21)30(20(5)29-25)16-35-12-11-24(37-27(34)28(6,7)8)36-23(33)10-9-22(31)32/h13-15,17,24H,9-12,16H2,1-8H3,(H,31,32). The van der Waals surface area contributed by atoms with Gasteiger partial charge in [0.05, 0.1) is 30.6 Å². The summed E-state index contributed by atoms with van der Waals surface area (Å²) in [6.45, 7) is 15.7. The van der Waals surface area contributed by atoms with Gasteiger partial charge in [-0.2, -0.15) is 0 Å². The van der Waals surface area contributed by atoms with Gasteiger partial charge in [0.25, 0.3) is 0 Å². The van der Waals surface area contributed by atoms with Gasteiger partial charge in [-0.05, 0) is 70.7 Å². The van der Waals surface area contributed by atoms with Gasteiger partial charge >= 0.3 is 17.9 Å². The molecule has 0 fully saturated rings. The highest BCUT2D eigenvalue weighted by Crippen LogP contribution is 2.35. The molecular formula is C28H40N2O7S. The van der Waals surface area contributed by atoms with Crippen molar-refractivity contribution in [3.63, 3.8) is 0 Å². The van der Waals surface area contributed by atoms with Crippen molar-refractivity contribution >= 4 is 29.7 Å². The van der Waals surface area contributed by atoms with E-state index in [9.17, 15) is 14.4 Å². The van der Waals surface area contributed by atoms with Crippen LogP contribution in [-0.4, -0.2) is 45.5 Å². The number of aryl methyl sites for hydroxylation is 3. The van der Waals surface area contributed by atoms with Gasteiger partial charge < -0.3 is 19.3 Å². The predicted octanol–water partition coefficient (Wildman–Crippen LogP) is 5.77. The van der Waals surface area contributed by atoms with Crippen LogP contribution in [0.15, 0.2) is 28.1 Å². The van der Waals surface area contributed by atoms with Crippen molar-refractivity contribution in [1.82, 2.24) is 9.55 Å². The zero-order chi connectivity index (χ0) is 28.6. The predicted molar refractivity (Wildman–Crippen MR) is 144 cm³/mol. The number of imidazole rings is 1. The van der Waals surface area contributed by atoms with Gasteiger partial charge in [-0.25, -0.2) is 4.98 Å². The van der Waals surface area contributed by atoms with E-state index in [0.717, 1.165) is 21.4 Å². The Labute approximate surface area is 229 Å². The number of benzene rings is 1. The number of nitrogens with zero attached hydrogens (tertiary/aromatic N) is 2. The van der Waals surface area contributed by atoms with Crippen LogP contribution in [0.2, 0.25) is 0 Å². The van der Waals surface area contributed by atoms with Gasteiger partial charge in [-0.15, -0.1) is 0 Å². The highest BCUT2D eigenvalue weighted by molar-refractivity contribution is 7.99. The average Bonchev–Trinajstić information content (AvgIpc) is 3.09. The van der Waals surface area contributed by atoms with Crippen LogP contribution in [0, 0.1) is 26.2 Å². The summed E-state index contributed by atoms with van der Waals surface area (Å²) in [6.07, 6.45) is -1.76. The first-order chi connectivity index (χ1) is 17.7. The molecule has 1 aromatic heterocycles. The summed E-state index contributed by atoms with van der Waals surface area (Å²) in [5.41, 5.74) is 2.56. The molecule has 1 atom stereocenters. The van der Waals surface area contributed by atoms with E-state index in [1.54, 1.807) is 32.5 Å².